The third kappa shape index (κ3) is 2.97. The van der Waals surface area contributed by atoms with Crippen LogP contribution in [0.15, 0.2) is 36.7 Å². The van der Waals surface area contributed by atoms with E-state index in [1.165, 1.54) is 27.8 Å². The van der Waals surface area contributed by atoms with Gasteiger partial charge in [0.1, 0.15) is 9.34 Å². The van der Waals surface area contributed by atoms with Crippen LogP contribution in [0, 0.1) is 0 Å². The highest BCUT2D eigenvalue weighted by atomic mass is 35.5. The van der Waals surface area contributed by atoms with Crippen molar-refractivity contribution in [3.63, 3.8) is 0 Å². The third-order valence-corrected chi connectivity index (χ3v) is 4.16. The summed E-state index contributed by atoms with van der Waals surface area (Å²) in [6.07, 6.45) is 4.79. The molecule has 0 spiro atoms. The Morgan fingerprint density at radius 3 is 3.05 bits per heavy atom. The first-order chi connectivity index (χ1) is 9.33. The number of aromatic nitrogens is 2. The molecule has 1 aromatic carbocycles. The van der Waals surface area contributed by atoms with E-state index in [9.17, 15) is 0 Å². The van der Waals surface area contributed by atoms with Crippen LogP contribution >= 0.6 is 22.9 Å². The van der Waals surface area contributed by atoms with Gasteiger partial charge in [-0.2, -0.15) is 0 Å². The molecular weight excluding hydrogens is 278 g/mol. The minimum atomic E-state index is 0.744. The number of halogens is 1. The molecular formula is C14H14ClN3S. The quantitative estimate of drug-likeness (QED) is 0.705. The van der Waals surface area contributed by atoms with Gasteiger partial charge in [-0.3, -0.25) is 0 Å². The lowest BCUT2D eigenvalue weighted by molar-refractivity contribution is 0.685. The predicted octanol–water partition coefficient (Wildman–Crippen LogP) is 3.61. The maximum absolute atomic E-state index is 5.84. The van der Waals surface area contributed by atoms with Crippen LogP contribution in [0.5, 0.6) is 0 Å². The first-order valence-electron chi connectivity index (χ1n) is 6.19. The maximum Gasteiger partial charge on any atom is 0.113 e. The lowest BCUT2D eigenvalue weighted by Crippen LogP contribution is -2.16. The number of fused-ring (bicyclic) bond motifs is 1. The highest BCUT2D eigenvalue weighted by Crippen LogP contribution is 2.19. The summed E-state index contributed by atoms with van der Waals surface area (Å²) in [5, 5.41) is 5.73. The first kappa shape index (κ1) is 12.7. The summed E-state index contributed by atoms with van der Waals surface area (Å²) in [5.41, 5.74) is 2.55. The molecule has 3 aromatic rings. The van der Waals surface area contributed by atoms with Crippen molar-refractivity contribution in [3.05, 3.63) is 51.6 Å². The van der Waals surface area contributed by atoms with Crippen molar-refractivity contribution in [1.82, 2.24) is 15.3 Å². The number of nitrogens with one attached hydrogen (secondary N) is 2. The molecule has 5 heteroatoms. The van der Waals surface area contributed by atoms with E-state index in [-0.39, 0.29) is 0 Å². The van der Waals surface area contributed by atoms with Crippen molar-refractivity contribution in [3.8, 4) is 0 Å². The Hall–Kier alpha value is -1.36. The highest BCUT2D eigenvalue weighted by Gasteiger charge is 2.03. The molecule has 0 fully saturated rings. The van der Waals surface area contributed by atoms with Crippen LogP contribution in [0.3, 0.4) is 0 Å². The van der Waals surface area contributed by atoms with Gasteiger partial charge in [0.15, 0.2) is 0 Å². The van der Waals surface area contributed by atoms with Crippen LogP contribution in [-0.2, 0) is 13.0 Å². The Balaban J connectivity index is 1.55. The molecule has 19 heavy (non-hydrogen) atoms. The Labute approximate surface area is 120 Å². The van der Waals surface area contributed by atoms with Crippen molar-refractivity contribution in [2.45, 2.75) is 13.0 Å². The number of hydrogen-bond donors (Lipinski definition) is 2. The van der Waals surface area contributed by atoms with Gasteiger partial charge < -0.3 is 10.3 Å². The van der Waals surface area contributed by atoms with Gasteiger partial charge in [-0.15, -0.1) is 11.3 Å². The summed E-state index contributed by atoms with van der Waals surface area (Å²) >= 11 is 7.37. The summed E-state index contributed by atoms with van der Waals surface area (Å²) in [7, 11) is 0. The summed E-state index contributed by atoms with van der Waals surface area (Å²) in [4.78, 5) is 7.51. The summed E-state index contributed by atoms with van der Waals surface area (Å²) in [5.74, 6) is 0. The smallest absolute Gasteiger partial charge is 0.113 e. The van der Waals surface area contributed by atoms with Crippen molar-refractivity contribution < 1.29 is 0 Å². The molecule has 2 aromatic heterocycles. The molecule has 3 nitrogen and oxygen atoms in total. The van der Waals surface area contributed by atoms with Gasteiger partial charge in [0.2, 0.25) is 0 Å². The summed E-state index contributed by atoms with van der Waals surface area (Å²) in [6.45, 7) is 1.71. The second kappa shape index (κ2) is 5.74. The van der Waals surface area contributed by atoms with Crippen molar-refractivity contribution in [1.29, 1.82) is 0 Å². The molecule has 0 saturated carbocycles. The normalized spacial score (nSPS) is 11.2. The fourth-order valence-corrected chi connectivity index (χ4v) is 3.05. The molecule has 0 amide bonds. The molecule has 0 bridgehead atoms. The molecule has 98 valence electrons. The molecule has 2 N–H and O–H groups in total. The van der Waals surface area contributed by atoms with E-state index >= 15 is 0 Å². The monoisotopic (exact) mass is 291 g/mol. The van der Waals surface area contributed by atoms with Gasteiger partial charge in [-0.05, 0) is 24.6 Å². The van der Waals surface area contributed by atoms with E-state index in [2.05, 4.69) is 39.7 Å². The van der Waals surface area contributed by atoms with Gasteiger partial charge in [0.25, 0.3) is 0 Å². The van der Waals surface area contributed by atoms with Crippen LogP contribution in [0.2, 0.25) is 4.34 Å². The average molecular weight is 292 g/mol. The Bertz CT molecular complexity index is 674. The number of para-hydroxylation sites is 1. The van der Waals surface area contributed by atoms with Gasteiger partial charge >= 0.3 is 0 Å². The lowest BCUT2D eigenvalue weighted by Gasteiger charge is -2.01. The molecule has 0 saturated heterocycles. The fourth-order valence-electron chi connectivity index (χ4n) is 2.13. The molecule has 2 heterocycles. The van der Waals surface area contributed by atoms with Crippen molar-refractivity contribution in [2.75, 3.05) is 6.54 Å². The molecule has 0 atom stereocenters. The van der Waals surface area contributed by atoms with E-state index < -0.39 is 0 Å². The zero-order valence-electron chi connectivity index (χ0n) is 10.3. The van der Waals surface area contributed by atoms with Crippen LogP contribution < -0.4 is 5.32 Å². The Morgan fingerprint density at radius 2 is 2.21 bits per heavy atom. The molecule has 0 radical (unpaired) electrons. The van der Waals surface area contributed by atoms with Crippen LogP contribution in [0.1, 0.15) is 10.6 Å². The SMILES string of the molecule is Clc1cnc(CNCCc2c[nH]c3ccccc23)s1. The third-order valence-electron chi connectivity index (χ3n) is 3.05. The number of nitrogens with zero attached hydrogens (tertiary/aromatic N) is 1. The van der Waals surface area contributed by atoms with Crippen LogP contribution in [0.25, 0.3) is 10.9 Å². The lowest BCUT2D eigenvalue weighted by atomic mass is 10.1. The zero-order chi connectivity index (χ0) is 13.1. The highest BCUT2D eigenvalue weighted by molar-refractivity contribution is 7.15. The average Bonchev–Trinajstić information content (AvgIpc) is 3.02. The zero-order valence-corrected chi connectivity index (χ0v) is 11.9. The maximum atomic E-state index is 5.84. The number of benzene rings is 1. The Kier molecular flexibility index (Phi) is 3.82. The standard InChI is InChI=1S/C14H14ClN3S/c15-13-8-18-14(19-13)9-16-6-5-10-7-17-12-4-2-1-3-11(10)12/h1-4,7-8,16-17H,5-6,9H2. The first-order valence-corrected chi connectivity index (χ1v) is 7.38. The van der Waals surface area contributed by atoms with E-state index in [1.54, 1.807) is 6.20 Å². The fraction of sp³-hybridized carbons (Fsp3) is 0.214. The van der Waals surface area contributed by atoms with Gasteiger partial charge in [0, 0.05) is 23.6 Å². The molecule has 0 unspecified atom stereocenters. The number of H-pyrrole nitrogens is 1. The second-order valence-corrected chi connectivity index (χ2v) is 6.09. The molecule has 0 aliphatic rings. The van der Waals surface area contributed by atoms with E-state index in [0.29, 0.717) is 0 Å². The summed E-state index contributed by atoms with van der Waals surface area (Å²) < 4.78 is 0.744. The molecule has 0 aliphatic carbocycles. The van der Waals surface area contributed by atoms with E-state index in [1.807, 2.05) is 6.07 Å². The van der Waals surface area contributed by atoms with Crippen molar-refractivity contribution >= 4 is 33.8 Å². The van der Waals surface area contributed by atoms with E-state index in [4.69, 9.17) is 11.6 Å². The second-order valence-electron chi connectivity index (χ2n) is 4.34. The van der Waals surface area contributed by atoms with Crippen LogP contribution in [0.4, 0.5) is 0 Å². The van der Waals surface area contributed by atoms with Gasteiger partial charge in [-0.1, -0.05) is 29.8 Å². The topological polar surface area (TPSA) is 40.7 Å². The van der Waals surface area contributed by atoms with Gasteiger partial charge in [0.05, 0.1) is 6.20 Å². The minimum Gasteiger partial charge on any atom is -0.361 e. The largest absolute Gasteiger partial charge is 0.361 e. The Morgan fingerprint density at radius 1 is 1.32 bits per heavy atom. The summed E-state index contributed by atoms with van der Waals surface area (Å²) in [6, 6.07) is 8.38. The molecule has 0 aliphatic heterocycles. The minimum absolute atomic E-state index is 0.744. The number of thiazole rings is 1. The number of aromatic amines is 1. The predicted molar refractivity (Wildman–Crippen MR) is 80.8 cm³/mol. The van der Waals surface area contributed by atoms with Crippen LogP contribution in [-0.4, -0.2) is 16.5 Å². The molecule has 3 rings (SSSR count). The number of rotatable bonds is 5. The van der Waals surface area contributed by atoms with Gasteiger partial charge in [-0.25, -0.2) is 4.98 Å². The van der Waals surface area contributed by atoms with E-state index in [0.717, 1.165) is 28.9 Å². The number of hydrogen-bond acceptors (Lipinski definition) is 3. The van der Waals surface area contributed by atoms with Crippen molar-refractivity contribution in [2.24, 2.45) is 0 Å².